The average Bonchev–Trinajstić information content (AvgIpc) is 3.03. The van der Waals surface area contributed by atoms with Crippen molar-refractivity contribution in [1.82, 2.24) is 0 Å². The van der Waals surface area contributed by atoms with Crippen molar-refractivity contribution in [2.24, 2.45) is 0 Å². The molecular weight excluding hydrogens is 1000 g/mol. The number of alkyl halides is 36. The number of rotatable bonds is 17. The molecule has 0 atom stereocenters. The van der Waals surface area contributed by atoms with Gasteiger partial charge >= 0.3 is 111 Å². The summed E-state index contributed by atoms with van der Waals surface area (Å²) in [6, 6.07) is 0. The summed E-state index contributed by atoms with van der Waals surface area (Å²) in [7, 11) is 3.05. The first kappa shape index (κ1) is 59.7. The van der Waals surface area contributed by atoms with E-state index in [1.807, 2.05) is 0 Å². The van der Waals surface area contributed by atoms with Gasteiger partial charge in [-0.25, -0.2) is 0 Å². The molecule has 0 saturated heterocycles. The van der Waals surface area contributed by atoms with E-state index in [-0.39, 0.29) is 0 Å². The fourth-order valence-corrected chi connectivity index (χ4v) is 3.79. The first-order valence-corrected chi connectivity index (χ1v) is 14.1. The Morgan fingerprint density at radius 3 is 0.317 bits per heavy atom. The normalized spacial score (nSPS) is 16.6. The smallest absolute Gasteiger partial charge is 0.379 e. The highest BCUT2D eigenvalue weighted by molar-refractivity contribution is 6.36. The summed E-state index contributed by atoms with van der Waals surface area (Å²) in [6.07, 6.45) is -16.9. The van der Waals surface area contributed by atoms with Crippen LogP contribution in [0.3, 0.4) is 0 Å². The van der Waals surface area contributed by atoms with Crippen molar-refractivity contribution in [1.29, 1.82) is 0 Å². The maximum atomic E-state index is 13.7. The molecule has 0 aromatic carbocycles. The van der Waals surface area contributed by atoms with E-state index < -0.39 is 111 Å². The Balaban J connectivity index is 0. The molecule has 0 radical (unpaired) electrons. The molecule has 0 spiro atoms. The minimum absolute atomic E-state index is 1.57. The van der Waals surface area contributed by atoms with E-state index in [2.05, 4.69) is 0 Å². The quantitative estimate of drug-likeness (QED) is 0.107. The van der Waals surface area contributed by atoms with Crippen molar-refractivity contribution in [2.75, 3.05) is 21.3 Å². The zero-order chi connectivity index (χ0) is 50.2. The molecule has 0 aromatic heterocycles. The van der Waals surface area contributed by atoms with Crippen LogP contribution in [0, 0.1) is 0 Å². The molecule has 0 N–H and O–H groups in total. The third-order valence-corrected chi connectivity index (χ3v) is 7.96. The number of hydrogen-bond donors (Lipinski definition) is 0. The van der Waals surface area contributed by atoms with Gasteiger partial charge in [-0.15, -0.1) is 0 Å². The van der Waals surface area contributed by atoms with Gasteiger partial charge in [-0.3, -0.25) is 0 Å². The van der Waals surface area contributed by atoms with E-state index in [1.165, 1.54) is 0 Å². The van der Waals surface area contributed by atoms with Gasteiger partial charge in [0.25, 0.3) is 0 Å². The van der Waals surface area contributed by atoms with E-state index in [4.69, 9.17) is 13.3 Å². The summed E-state index contributed by atoms with van der Waals surface area (Å²) < 4.78 is 489. The van der Waals surface area contributed by atoms with Crippen molar-refractivity contribution in [3.63, 3.8) is 0 Å². The molecule has 364 valence electrons. The predicted octanol–water partition coefficient (Wildman–Crippen LogP) is 11.3. The molecule has 0 rings (SSSR count). The van der Waals surface area contributed by atoms with Crippen molar-refractivity contribution in [2.45, 2.75) is 101 Å². The lowest BCUT2D eigenvalue weighted by atomic mass is 9.82. The molecule has 0 saturated carbocycles. The van der Waals surface area contributed by atoms with Gasteiger partial charge in [-0.2, -0.15) is 158 Å². The molecule has 0 aromatic rings. The molecule has 0 fully saturated rings. The second kappa shape index (κ2) is 15.7. The summed E-state index contributed by atoms with van der Waals surface area (Å²) in [5.74, 6) is -148. The van der Waals surface area contributed by atoms with E-state index in [0.717, 1.165) is 0 Å². The zero-order valence-electron chi connectivity index (χ0n) is 26.9. The summed E-state index contributed by atoms with van der Waals surface area (Å²) in [5, 5.41) is 0. The summed E-state index contributed by atoms with van der Waals surface area (Å²) >= 11 is 0. The third-order valence-electron chi connectivity index (χ3n) is 6.81. The molecular formula is C20H10F36O3Si. The number of halogens is 36. The monoisotopic (exact) mass is 1010 g/mol. The van der Waals surface area contributed by atoms with Crippen LogP contribution in [0.25, 0.3) is 0 Å². The van der Waals surface area contributed by atoms with Crippen LogP contribution >= 0.6 is 0 Å². The van der Waals surface area contributed by atoms with Crippen molar-refractivity contribution in [3.05, 3.63) is 0 Å². The maximum absolute atomic E-state index is 13.7. The molecule has 0 heterocycles. The van der Waals surface area contributed by atoms with Crippen LogP contribution in [0.4, 0.5) is 158 Å². The van der Waals surface area contributed by atoms with Gasteiger partial charge in [0.05, 0.1) is 0 Å². The van der Waals surface area contributed by atoms with E-state index in [1.54, 1.807) is 21.3 Å². The Kier molecular flexibility index (Phi) is 15.6. The molecule has 0 aliphatic rings. The molecule has 0 unspecified atom stereocenters. The van der Waals surface area contributed by atoms with Gasteiger partial charge in [0.1, 0.15) is 0 Å². The lowest BCUT2D eigenvalue weighted by molar-refractivity contribution is -0.493. The van der Waals surface area contributed by atoms with Crippen LogP contribution < -0.4 is 0 Å². The maximum Gasteiger partial charge on any atom is 0.483 e. The minimum Gasteiger partial charge on any atom is -0.379 e. The van der Waals surface area contributed by atoms with Crippen LogP contribution in [-0.4, -0.2) is 132 Å². The molecule has 0 amide bonds. The van der Waals surface area contributed by atoms with Crippen LogP contribution in [0.15, 0.2) is 0 Å². The third kappa shape index (κ3) is 7.60. The van der Waals surface area contributed by atoms with Gasteiger partial charge in [-0.05, 0) is 0 Å². The molecule has 60 heavy (non-hydrogen) atoms. The van der Waals surface area contributed by atoms with Gasteiger partial charge in [0.2, 0.25) is 0 Å². The first-order valence-electron chi connectivity index (χ1n) is 12.7. The molecule has 0 bridgehead atoms. The topological polar surface area (TPSA) is 27.7 Å². The van der Waals surface area contributed by atoms with Crippen LogP contribution in [-0.2, 0) is 13.3 Å². The summed E-state index contributed by atoms with van der Waals surface area (Å²) in [4.78, 5) is 0. The van der Waals surface area contributed by atoms with Crippen LogP contribution in [0.1, 0.15) is 0 Å². The van der Waals surface area contributed by atoms with Gasteiger partial charge in [0.15, 0.2) is 0 Å². The Labute approximate surface area is 304 Å². The van der Waals surface area contributed by atoms with Crippen molar-refractivity contribution < 1.29 is 171 Å². The Bertz CT molecular complexity index is 1350. The SMILES string of the molecule is CO[SiH](OC)OC.FC(F)(F)C(F)(F)C(F)(F)C(F)(F)C(F)(F)C(F)(F)C(F)(F)C(F)(F)C(F)(F)C(F)(F)C(F)(F)C(F)(F)C(F)(F)C(F)(F)C(F)(F)C(F)(F)C(F)(F)F. The molecule has 40 heteroatoms. The molecule has 0 aliphatic carbocycles. The second-order valence-corrected chi connectivity index (χ2v) is 12.6. The summed E-state index contributed by atoms with van der Waals surface area (Å²) in [5.41, 5.74) is 0. The van der Waals surface area contributed by atoms with Crippen LogP contribution in [0.2, 0.25) is 0 Å². The van der Waals surface area contributed by atoms with E-state index in [9.17, 15) is 158 Å². The number of hydrogen-bond acceptors (Lipinski definition) is 3. The van der Waals surface area contributed by atoms with E-state index in [0.29, 0.717) is 0 Å². The van der Waals surface area contributed by atoms with Crippen molar-refractivity contribution >= 4 is 9.53 Å². The highest BCUT2D eigenvalue weighted by Crippen LogP contribution is 2.70. The minimum atomic E-state index is -10.4. The van der Waals surface area contributed by atoms with E-state index >= 15 is 0 Å². The average molecular weight is 1010 g/mol. The summed E-state index contributed by atoms with van der Waals surface area (Å²) in [6.45, 7) is 0. The predicted molar refractivity (Wildman–Crippen MR) is 114 cm³/mol. The van der Waals surface area contributed by atoms with Crippen molar-refractivity contribution in [3.8, 4) is 0 Å². The molecule has 3 nitrogen and oxygen atoms in total. The molecule has 0 aliphatic heterocycles. The fourth-order valence-electron chi connectivity index (χ4n) is 3.21. The second-order valence-electron chi connectivity index (χ2n) is 10.6. The Morgan fingerprint density at radius 1 is 0.183 bits per heavy atom. The largest absolute Gasteiger partial charge is 0.483 e. The zero-order valence-corrected chi connectivity index (χ0v) is 28.1. The van der Waals surface area contributed by atoms with Crippen LogP contribution in [0.5, 0.6) is 0 Å². The van der Waals surface area contributed by atoms with Gasteiger partial charge < -0.3 is 13.3 Å². The highest BCUT2D eigenvalue weighted by Gasteiger charge is 3.02. The van der Waals surface area contributed by atoms with Gasteiger partial charge in [-0.1, -0.05) is 0 Å². The fraction of sp³-hybridized carbons (Fsp3) is 1.00. The lowest BCUT2D eigenvalue weighted by Gasteiger charge is -2.46. The standard InChI is InChI=1S/C17F36.C3H10O3Si/c18-1(19,2(20,21)4(24,25)6(28,29)8(32,33)10(36,37)12(40,41)14(44,45)16(48,49)50)3(22,23)5(26,27)7(30,31)9(34,35)11(38,39)13(42,43)15(46,47)17(51,52)53;1-4-7(5-2)6-3/h;7H,1-3H3. The first-order chi connectivity index (χ1) is 25.3. The lowest BCUT2D eigenvalue weighted by Crippen LogP contribution is -2.80. The highest BCUT2D eigenvalue weighted by atomic mass is 28.3. The Morgan fingerprint density at radius 2 is 0.267 bits per heavy atom. The Hall–Kier alpha value is -2.42. The van der Waals surface area contributed by atoms with Gasteiger partial charge in [0, 0.05) is 21.3 Å².